The molecular weight excluding hydrogens is 236 g/mol. The quantitative estimate of drug-likeness (QED) is 0.880. The molecule has 4 nitrogen and oxygen atoms in total. The number of imidazole rings is 1. The summed E-state index contributed by atoms with van der Waals surface area (Å²) in [5.74, 6) is 1.19. The van der Waals surface area contributed by atoms with Gasteiger partial charge in [0, 0.05) is 37.6 Å². The maximum Gasteiger partial charge on any atom is 0.122 e. The Kier molecular flexibility index (Phi) is 3.89. The molecule has 106 valence electrons. The zero-order chi connectivity index (χ0) is 13.2. The van der Waals surface area contributed by atoms with Crippen LogP contribution in [0, 0.1) is 0 Å². The lowest BCUT2D eigenvalue weighted by atomic mass is 9.98. The lowest BCUT2D eigenvalue weighted by molar-refractivity contribution is 0.130. The third kappa shape index (κ3) is 2.84. The van der Waals surface area contributed by atoms with Gasteiger partial charge in [-0.2, -0.15) is 0 Å². The van der Waals surface area contributed by atoms with Crippen molar-refractivity contribution in [3.05, 3.63) is 18.2 Å². The molecule has 1 aromatic rings. The molecule has 3 rings (SSSR count). The molecule has 0 amide bonds. The van der Waals surface area contributed by atoms with E-state index in [0.717, 1.165) is 24.7 Å². The Hall–Kier alpha value is -0.870. The second kappa shape index (κ2) is 5.63. The standard InChI is InChI=1S/C15H26N4/c1-3-7-19(11-15-16-6-8-18(15)2)14-9-12-4-5-13(10-14)17-12/h6,8,12-14,17H,3-5,7,9-11H2,1-2H3. The van der Waals surface area contributed by atoms with Gasteiger partial charge >= 0.3 is 0 Å². The molecule has 4 heteroatoms. The molecule has 2 aliphatic heterocycles. The number of piperidine rings is 1. The van der Waals surface area contributed by atoms with Gasteiger partial charge in [-0.15, -0.1) is 0 Å². The van der Waals surface area contributed by atoms with Crippen molar-refractivity contribution < 1.29 is 0 Å². The van der Waals surface area contributed by atoms with E-state index in [1.165, 1.54) is 44.5 Å². The van der Waals surface area contributed by atoms with Crippen LogP contribution in [-0.2, 0) is 13.6 Å². The van der Waals surface area contributed by atoms with Crippen molar-refractivity contribution >= 4 is 0 Å². The highest BCUT2D eigenvalue weighted by Crippen LogP contribution is 2.30. The molecule has 0 saturated carbocycles. The van der Waals surface area contributed by atoms with E-state index < -0.39 is 0 Å². The Balaban J connectivity index is 1.68. The fourth-order valence-corrected chi connectivity index (χ4v) is 3.73. The van der Waals surface area contributed by atoms with Crippen molar-refractivity contribution in [2.75, 3.05) is 6.54 Å². The van der Waals surface area contributed by atoms with Crippen molar-refractivity contribution in [1.82, 2.24) is 19.8 Å². The van der Waals surface area contributed by atoms with Crippen LogP contribution in [0.15, 0.2) is 12.4 Å². The Morgan fingerprint density at radius 2 is 2.11 bits per heavy atom. The van der Waals surface area contributed by atoms with E-state index in [1.807, 2.05) is 12.4 Å². The van der Waals surface area contributed by atoms with Gasteiger partial charge in [-0.25, -0.2) is 4.98 Å². The highest BCUT2D eigenvalue weighted by atomic mass is 15.2. The van der Waals surface area contributed by atoms with Crippen molar-refractivity contribution in [3.8, 4) is 0 Å². The normalized spacial score (nSPS) is 30.2. The van der Waals surface area contributed by atoms with E-state index in [2.05, 4.69) is 33.7 Å². The Bertz CT molecular complexity index is 402. The monoisotopic (exact) mass is 262 g/mol. The SMILES string of the molecule is CCCN(Cc1nccn1C)C1CC2CCC(C1)N2. The lowest BCUT2D eigenvalue weighted by Crippen LogP contribution is -2.48. The highest BCUT2D eigenvalue weighted by Gasteiger charge is 2.35. The van der Waals surface area contributed by atoms with Gasteiger partial charge in [-0.05, 0) is 38.6 Å². The van der Waals surface area contributed by atoms with Crippen molar-refractivity contribution in [3.63, 3.8) is 0 Å². The summed E-state index contributed by atoms with van der Waals surface area (Å²) in [6.45, 7) is 4.47. The molecule has 3 heterocycles. The van der Waals surface area contributed by atoms with Crippen LogP contribution in [0.2, 0.25) is 0 Å². The van der Waals surface area contributed by atoms with E-state index in [1.54, 1.807) is 0 Å². The molecule has 1 aromatic heterocycles. The number of fused-ring (bicyclic) bond motifs is 2. The third-order valence-corrected chi connectivity index (χ3v) is 4.74. The van der Waals surface area contributed by atoms with E-state index in [4.69, 9.17) is 0 Å². The van der Waals surface area contributed by atoms with Crippen LogP contribution in [-0.4, -0.2) is 39.1 Å². The predicted octanol–water partition coefficient (Wildman–Crippen LogP) is 1.92. The summed E-state index contributed by atoms with van der Waals surface area (Å²) in [6, 6.07) is 2.28. The second-order valence-electron chi connectivity index (χ2n) is 6.19. The van der Waals surface area contributed by atoms with Crippen molar-refractivity contribution in [2.45, 2.75) is 63.7 Å². The Labute approximate surface area is 116 Å². The maximum atomic E-state index is 4.49. The number of aryl methyl sites for hydroxylation is 1. The first-order valence-electron chi connectivity index (χ1n) is 7.72. The summed E-state index contributed by atoms with van der Waals surface area (Å²) >= 11 is 0. The van der Waals surface area contributed by atoms with Crippen molar-refractivity contribution in [1.29, 1.82) is 0 Å². The summed E-state index contributed by atoms with van der Waals surface area (Å²) < 4.78 is 2.15. The molecule has 2 saturated heterocycles. The number of nitrogens with zero attached hydrogens (tertiary/aromatic N) is 3. The second-order valence-corrected chi connectivity index (χ2v) is 6.19. The molecule has 2 atom stereocenters. The average Bonchev–Trinajstić information content (AvgIpc) is 2.95. The molecular formula is C15H26N4. The Morgan fingerprint density at radius 1 is 1.37 bits per heavy atom. The fraction of sp³-hybridized carbons (Fsp3) is 0.800. The van der Waals surface area contributed by atoms with Gasteiger partial charge in [-0.1, -0.05) is 6.92 Å². The van der Waals surface area contributed by atoms with Crippen LogP contribution in [0.5, 0.6) is 0 Å². The molecule has 19 heavy (non-hydrogen) atoms. The molecule has 2 aliphatic rings. The number of hydrogen-bond donors (Lipinski definition) is 1. The average molecular weight is 262 g/mol. The van der Waals surface area contributed by atoms with Gasteiger partial charge in [0.05, 0.1) is 6.54 Å². The van der Waals surface area contributed by atoms with Crippen LogP contribution in [0.25, 0.3) is 0 Å². The van der Waals surface area contributed by atoms with Gasteiger partial charge in [-0.3, -0.25) is 4.90 Å². The minimum absolute atomic E-state index is 0.746. The van der Waals surface area contributed by atoms with Crippen LogP contribution < -0.4 is 5.32 Å². The molecule has 2 unspecified atom stereocenters. The summed E-state index contributed by atoms with van der Waals surface area (Å²) in [7, 11) is 2.10. The van der Waals surface area contributed by atoms with E-state index in [9.17, 15) is 0 Å². The number of rotatable bonds is 5. The first-order chi connectivity index (χ1) is 9.26. The zero-order valence-corrected chi connectivity index (χ0v) is 12.2. The number of nitrogens with one attached hydrogen (secondary N) is 1. The molecule has 1 N–H and O–H groups in total. The van der Waals surface area contributed by atoms with Crippen LogP contribution in [0.4, 0.5) is 0 Å². The minimum Gasteiger partial charge on any atom is -0.337 e. The van der Waals surface area contributed by atoms with E-state index in [-0.39, 0.29) is 0 Å². The lowest BCUT2D eigenvalue weighted by Gasteiger charge is -2.37. The largest absolute Gasteiger partial charge is 0.337 e. The van der Waals surface area contributed by atoms with Crippen LogP contribution in [0.3, 0.4) is 0 Å². The fourth-order valence-electron chi connectivity index (χ4n) is 3.73. The van der Waals surface area contributed by atoms with Gasteiger partial charge < -0.3 is 9.88 Å². The third-order valence-electron chi connectivity index (χ3n) is 4.74. The molecule has 0 radical (unpaired) electrons. The summed E-state index contributed by atoms with van der Waals surface area (Å²) in [4.78, 5) is 7.15. The van der Waals surface area contributed by atoms with E-state index in [0.29, 0.717) is 0 Å². The van der Waals surface area contributed by atoms with Crippen LogP contribution >= 0.6 is 0 Å². The van der Waals surface area contributed by atoms with Gasteiger partial charge in [0.15, 0.2) is 0 Å². The smallest absolute Gasteiger partial charge is 0.122 e. The molecule has 2 bridgehead atoms. The topological polar surface area (TPSA) is 33.1 Å². The molecule has 2 fully saturated rings. The van der Waals surface area contributed by atoms with Crippen molar-refractivity contribution in [2.24, 2.45) is 7.05 Å². The summed E-state index contributed by atoms with van der Waals surface area (Å²) in [5, 5.41) is 3.74. The van der Waals surface area contributed by atoms with Gasteiger partial charge in [0.2, 0.25) is 0 Å². The zero-order valence-electron chi connectivity index (χ0n) is 12.2. The predicted molar refractivity (Wildman–Crippen MR) is 76.9 cm³/mol. The molecule has 0 aromatic carbocycles. The first-order valence-corrected chi connectivity index (χ1v) is 7.72. The molecule has 0 spiro atoms. The first kappa shape index (κ1) is 13.1. The van der Waals surface area contributed by atoms with Gasteiger partial charge in [0.1, 0.15) is 5.82 Å². The Morgan fingerprint density at radius 3 is 2.68 bits per heavy atom. The summed E-state index contributed by atoms with van der Waals surface area (Å²) in [6.07, 6.45) is 10.6. The number of aromatic nitrogens is 2. The van der Waals surface area contributed by atoms with Crippen LogP contribution in [0.1, 0.15) is 44.9 Å². The van der Waals surface area contributed by atoms with E-state index >= 15 is 0 Å². The summed E-state index contributed by atoms with van der Waals surface area (Å²) in [5.41, 5.74) is 0. The highest BCUT2D eigenvalue weighted by molar-refractivity contribution is 4.98. The van der Waals surface area contributed by atoms with Gasteiger partial charge in [0.25, 0.3) is 0 Å². The maximum absolute atomic E-state index is 4.49. The minimum atomic E-state index is 0.746. The number of hydrogen-bond acceptors (Lipinski definition) is 3. The molecule has 0 aliphatic carbocycles.